The highest BCUT2D eigenvalue weighted by Crippen LogP contribution is 2.40. The van der Waals surface area contributed by atoms with Gasteiger partial charge < -0.3 is 4.74 Å². The lowest BCUT2D eigenvalue weighted by atomic mass is 9.75. The van der Waals surface area contributed by atoms with Crippen molar-refractivity contribution in [1.82, 2.24) is 14.2 Å². The van der Waals surface area contributed by atoms with Crippen LogP contribution < -0.4 is 4.74 Å². The summed E-state index contributed by atoms with van der Waals surface area (Å²) in [6.07, 6.45) is 7.08. The van der Waals surface area contributed by atoms with Gasteiger partial charge >= 0.3 is 0 Å². The number of ether oxygens (including phenoxy) is 1. The molecule has 7 nitrogen and oxygen atoms in total. The SMILES string of the molecule is CN1CC(S(=O)(=O)N(C)CCOc2ccc3c(c2)C(Cc2ccc(Cl)c(Cl)c2)C(N2CCCC2)CC3)C=N1. The molecule has 3 aliphatic rings. The summed E-state index contributed by atoms with van der Waals surface area (Å²) in [6, 6.07) is 12.8. The van der Waals surface area contributed by atoms with Crippen molar-refractivity contribution in [3.05, 3.63) is 63.1 Å². The van der Waals surface area contributed by atoms with Gasteiger partial charge in [-0.3, -0.25) is 9.91 Å². The van der Waals surface area contributed by atoms with Gasteiger partial charge in [-0.1, -0.05) is 35.3 Å². The fraction of sp³-hybridized carbons (Fsp3) is 0.536. The van der Waals surface area contributed by atoms with Crippen molar-refractivity contribution in [2.45, 2.75) is 49.3 Å². The number of halogens is 2. The Morgan fingerprint density at radius 3 is 2.61 bits per heavy atom. The zero-order valence-corrected chi connectivity index (χ0v) is 24.4. The first-order valence-corrected chi connectivity index (χ1v) is 15.6. The van der Waals surface area contributed by atoms with Gasteiger partial charge in [0.15, 0.2) is 0 Å². The van der Waals surface area contributed by atoms with Crippen LogP contribution in [0.4, 0.5) is 0 Å². The number of hydrazone groups is 1. The summed E-state index contributed by atoms with van der Waals surface area (Å²) in [5, 5.41) is 6.25. The third kappa shape index (κ3) is 5.99. The van der Waals surface area contributed by atoms with E-state index in [1.165, 1.54) is 40.1 Å². The quantitative estimate of drug-likeness (QED) is 0.432. The maximum atomic E-state index is 12.9. The number of hydrogen-bond acceptors (Lipinski definition) is 6. The van der Waals surface area contributed by atoms with Crippen LogP contribution >= 0.6 is 23.2 Å². The van der Waals surface area contributed by atoms with E-state index in [4.69, 9.17) is 27.9 Å². The molecule has 3 unspecified atom stereocenters. The maximum Gasteiger partial charge on any atom is 0.223 e. The molecule has 206 valence electrons. The Bertz CT molecular complexity index is 1280. The average molecular weight is 580 g/mol. The van der Waals surface area contributed by atoms with Crippen LogP contribution in [-0.2, 0) is 22.9 Å². The predicted octanol–water partition coefficient (Wildman–Crippen LogP) is 4.67. The second-order valence-corrected chi connectivity index (χ2v) is 13.7. The van der Waals surface area contributed by atoms with Crippen molar-refractivity contribution < 1.29 is 13.2 Å². The molecule has 0 amide bonds. The number of rotatable bonds is 9. The normalized spacial score (nSPS) is 23.8. The Balaban J connectivity index is 1.31. The van der Waals surface area contributed by atoms with Gasteiger partial charge in [0.05, 0.1) is 16.6 Å². The first kappa shape index (κ1) is 27.7. The molecule has 2 aliphatic heterocycles. The van der Waals surface area contributed by atoms with Crippen LogP contribution in [0.15, 0.2) is 41.5 Å². The Morgan fingerprint density at radius 2 is 1.89 bits per heavy atom. The van der Waals surface area contributed by atoms with E-state index >= 15 is 0 Å². The van der Waals surface area contributed by atoms with Crippen LogP contribution in [0.3, 0.4) is 0 Å². The lowest BCUT2D eigenvalue weighted by Gasteiger charge is -2.39. The molecule has 0 N–H and O–H groups in total. The molecule has 0 bridgehead atoms. The van der Waals surface area contributed by atoms with Gasteiger partial charge in [-0.05, 0) is 86.1 Å². The van der Waals surface area contributed by atoms with E-state index in [0.29, 0.717) is 28.5 Å². The van der Waals surface area contributed by atoms with Crippen LogP contribution in [0.5, 0.6) is 5.75 Å². The number of hydrogen-bond donors (Lipinski definition) is 0. The lowest BCUT2D eigenvalue weighted by Crippen LogP contribution is -2.41. The number of aryl methyl sites for hydroxylation is 1. The second kappa shape index (κ2) is 11.7. The van der Waals surface area contributed by atoms with Gasteiger partial charge in [0.2, 0.25) is 10.0 Å². The van der Waals surface area contributed by atoms with Crippen molar-refractivity contribution in [1.29, 1.82) is 0 Å². The number of benzene rings is 2. The van der Waals surface area contributed by atoms with E-state index in [1.807, 2.05) is 18.2 Å². The third-order valence-electron chi connectivity index (χ3n) is 8.11. The monoisotopic (exact) mass is 578 g/mol. The van der Waals surface area contributed by atoms with Crippen LogP contribution in [0.1, 0.15) is 41.9 Å². The van der Waals surface area contributed by atoms with Crippen LogP contribution in [-0.4, -0.2) is 87.0 Å². The second-order valence-electron chi connectivity index (χ2n) is 10.6. The van der Waals surface area contributed by atoms with Crippen LogP contribution in [0.2, 0.25) is 10.0 Å². The molecule has 1 aliphatic carbocycles. The van der Waals surface area contributed by atoms with Gasteiger partial charge in [0.25, 0.3) is 0 Å². The van der Waals surface area contributed by atoms with Gasteiger partial charge in [0, 0.05) is 38.8 Å². The largest absolute Gasteiger partial charge is 0.492 e. The Kier molecular flexibility index (Phi) is 8.55. The molecule has 0 aromatic heterocycles. The fourth-order valence-corrected chi connectivity index (χ4v) is 7.71. The molecule has 1 fully saturated rings. The summed E-state index contributed by atoms with van der Waals surface area (Å²) in [6.45, 7) is 3.22. The third-order valence-corrected chi connectivity index (χ3v) is 10.9. The van der Waals surface area contributed by atoms with Crippen molar-refractivity contribution in [2.24, 2.45) is 5.10 Å². The molecule has 0 spiro atoms. The van der Waals surface area contributed by atoms with Gasteiger partial charge in [-0.2, -0.15) is 5.10 Å². The molecule has 2 heterocycles. The highest BCUT2D eigenvalue weighted by atomic mass is 35.5. The summed E-state index contributed by atoms with van der Waals surface area (Å²) in [5.74, 6) is 1.09. The molecule has 2 aromatic carbocycles. The van der Waals surface area contributed by atoms with Crippen LogP contribution in [0, 0.1) is 0 Å². The van der Waals surface area contributed by atoms with Crippen LogP contribution in [0.25, 0.3) is 0 Å². The number of fused-ring (bicyclic) bond motifs is 1. The van der Waals surface area contributed by atoms with E-state index in [1.54, 1.807) is 19.1 Å². The fourth-order valence-electron chi connectivity index (χ4n) is 5.99. The van der Waals surface area contributed by atoms with Crippen molar-refractivity contribution >= 4 is 39.4 Å². The number of sulfonamides is 1. The van der Waals surface area contributed by atoms with E-state index in [9.17, 15) is 8.42 Å². The molecule has 0 saturated carbocycles. The van der Waals surface area contributed by atoms with Gasteiger partial charge in [-0.15, -0.1) is 0 Å². The lowest BCUT2D eigenvalue weighted by molar-refractivity contribution is 0.188. The Morgan fingerprint density at radius 1 is 1.11 bits per heavy atom. The first-order chi connectivity index (χ1) is 18.2. The summed E-state index contributed by atoms with van der Waals surface area (Å²) in [4.78, 5) is 2.65. The summed E-state index contributed by atoms with van der Waals surface area (Å²) in [7, 11) is -0.0956. The smallest absolute Gasteiger partial charge is 0.223 e. The molecular formula is C28H36Cl2N4O3S. The molecule has 38 heavy (non-hydrogen) atoms. The van der Waals surface area contributed by atoms with E-state index in [-0.39, 0.29) is 13.2 Å². The molecule has 10 heteroatoms. The van der Waals surface area contributed by atoms with Gasteiger partial charge in [0.1, 0.15) is 17.6 Å². The summed E-state index contributed by atoms with van der Waals surface area (Å²) < 4.78 is 33.2. The maximum absolute atomic E-state index is 12.9. The predicted molar refractivity (Wildman–Crippen MR) is 154 cm³/mol. The van der Waals surface area contributed by atoms with E-state index < -0.39 is 15.3 Å². The molecule has 1 saturated heterocycles. The molecule has 5 rings (SSSR count). The van der Waals surface area contributed by atoms with Crippen molar-refractivity contribution in [2.75, 3.05) is 46.9 Å². The number of likely N-dealkylation sites (tertiary alicyclic amines) is 1. The molecule has 2 aromatic rings. The van der Waals surface area contributed by atoms with E-state index in [0.717, 1.165) is 38.1 Å². The standard InChI is InChI=1S/C28H36Cl2N4O3S/c1-32-19-23(18-31-32)38(35,36)33(2)13-14-37-22-8-6-21-7-10-28(34-11-3-4-12-34)25(24(21)17-22)15-20-5-9-26(29)27(30)16-20/h5-6,8-9,16-18,23,25,28H,3-4,7,10-15,19H2,1-2H3. The highest BCUT2D eigenvalue weighted by molar-refractivity contribution is 7.90. The number of nitrogens with zero attached hydrogens (tertiary/aromatic N) is 4. The average Bonchev–Trinajstić information content (AvgIpc) is 3.59. The topological polar surface area (TPSA) is 65.5 Å². The minimum Gasteiger partial charge on any atom is -0.492 e. The Hall–Kier alpha value is -1.84. The Labute approximate surface area is 236 Å². The van der Waals surface area contributed by atoms with E-state index in [2.05, 4.69) is 28.2 Å². The van der Waals surface area contributed by atoms with Crippen molar-refractivity contribution in [3.8, 4) is 5.75 Å². The minimum absolute atomic E-state index is 0.274. The van der Waals surface area contributed by atoms with Crippen molar-refractivity contribution in [3.63, 3.8) is 0 Å². The van der Waals surface area contributed by atoms with Gasteiger partial charge in [-0.25, -0.2) is 12.7 Å². The zero-order chi connectivity index (χ0) is 26.9. The summed E-state index contributed by atoms with van der Waals surface area (Å²) >= 11 is 12.6. The number of likely N-dealkylation sites (N-methyl/N-ethyl adjacent to an activating group) is 1. The first-order valence-electron chi connectivity index (χ1n) is 13.4. The molecule has 0 radical (unpaired) electrons. The molecular weight excluding hydrogens is 543 g/mol. The molecule has 3 atom stereocenters. The minimum atomic E-state index is -3.47. The highest BCUT2D eigenvalue weighted by Gasteiger charge is 2.35. The summed E-state index contributed by atoms with van der Waals surface area (Å²) in [5.41, 5.74) is 3.87. The zero-order valence-electron chi connectivity index (χ0n) is 22.0.